The molecular weight excluding hydrogens is 462 g/mol. The van der Waals surface area contributed by atoms with Crippen LogP contribution in [0, 0.1) is 6.92 Å². The van der Waals surface area contributed by atoms with Crippen molar-refractivity contribution in [3.63, 3.8) is 0 Å². The zero-order valence-electron chi connectivity index (χ0n) is 18.4. The van der Waals surface area contributed by atoms with Crippen molar-refractivity contribution < 1.29 is 9.59 Å². The van der Waals surface area contributed by atoms with Crippen LogP contribution >= 0.6 is 23.4 Å². The third-order valence-corrected chi connectivity index (χ3v) is 6.54. The summed E-state index contributed by atoms with van der Waals surface area (Å²) < 4.78 is 0. The molecule has 0 aliphatic rings. The van der Waals surface area contributed by atoms with Crippen LogP contribution in [0.2, 0.25) is 5.02 Å². The molecule has 1 aromatic heterocycles. The number of carbonyl (C=O) groups is 2. The normalized spacial score (nSPS) is 11.6. The molecule has 0 aliphatic heterocycles. The van der Waals surface area contributed by atoms with E-state index in [4.69, 9.17) is 11.6 Å². The summed E-state index contributed by atoms with van der Waals surface area (Å²) in [6.45, 7) is 5.44. The Morgan fingerprint density at radius 2 is 1.79 bits per heavy atom. The molecule has 3 rings (SSSR count). The predicted molar refractivity (Wildman–Crippen MR) is 132 cm³/mol. The van der Waals surface area contributed by atoms with Crippen LogP contribution in [0.1, 0.15) is 32.3 Å². The zero-order valence-corrected chi connectivity index (χ0v) is 20.0. The van der Waals surface area contributed by atoms with Gasteiger partial charge in [0.25, 0.3) is 5.56 Å². The Morgan fingerprint density at radius 3 is 2.48 bits per heavy atom. The average Bonchev–Trinajstić information content (AvgIpc) is 2.81. The van der Waals surface area contributed by atoms with E-state index in [0.717, 1.165) is 17.3 Å². The van der Waals surface area contributed by atoms with Gasteiger partial charge in [-0.25, -0.2) is 0 Å². The first-order valence-corrected chi connectivity index (χ1v) is 11.7. The van der Waals surface area contributed by atoms with Crippen LogP contribution in [-0.4, -0.2) is 32.2 Å². The summed E-state index contributed by atoms with van der Waals surface area (Å²) in [6.07, 6.45) is 0.814. The van der Waals surface area contributed by atoms with Gasteiger partial charge in [-0.2, -0.15) is 0 Å². The number of hydrogen-bond donors (Lipinski definition) is 3. The maximum atomic E-state index is 12.8. The monoisotopic (exact) mass is 485 g/mol. The van der Waals surface area contributed by atoms with Gasteiger partial charge in [0.1, 0.15) is 0 Å². The van der Waals surface area contributed by atoms with Crippen LogP contribution in [0.3, 0.4) is 0 Å². The number of carbonyl (C=O) groups excluding carboxylic acids is 2. The van der Waals surface area contributed by atoms with Gasteiger partial charge in [-0.15, -0.1) is 10.2 Å². The van der Waals surface area contributed by atoms with Crippen LogP contribution in [0.25, 0.3) is 11.3 Å². The molecule has 1 heterocycles. The minimum absolute atomic E-state index is 0.0819. The maximum Gasteiger partial charge on any atom is 0.278 e. The first-order chi connectivity index (χ1) is 15.8. The number of halogens is 1. The number of benzene rings is 2. The Balaban J connectivity index is 1.80. The molecule has 0 saturated carbocycles. The molecule has 3 aromatic rings. The third kappa shape index (κ3) is 6.00. The fourth-order valence-corrected chi connectivity index (χ4v) is 4.02. The number of para-hydroxylation sites is 1. The summed E-state index contributed by atoms with van der Waals surface area (Å²) in [5.41, 5.74) is 1.97. The number of H-pyrrole nitrogens is 1. The van der Waals surface area contributed by atoms with Gasteiger partial charge in [-0.3, -0.25) is 19.4 Å². The second-order valence-electron chi connectivity index (χ2n) is 7.17. The zero-order chi connectivity index (χ0) is 24.0. The lowest BCUT2D eigenvalue weighted by Crippen LogP contribution is -2.26. The minimum Gasteiger partial charge on any atom is -0.325 e. The molecule has 2 aromatic carbocycles. The van der Waals surface area contributed by atoms with Crippen molar-refractivity contribution in [1.82, 2.24) is 15.2 Å². The predicted octanol–water partition coefficient (Wildman–Crippen LogP) is 4.65. The van der Waals surface area contributed by atoms with Gasteiger partial charge in [-0.1, -0.05) is 61.5 Å². The van der Waals surface area contributed by atoms with E-state index in [-0.39, 0.29) is 22.7 Å². The fraction of sp³-hybridized carbons (Fsp3) is 0.261. The number of nitrogens with one attached hydrogen (secondary N) is 3. The van der Waals surface area contributed by atoms with Gasteiger partial charge >= 0.3 is 0 Å². The summed E-state index contributed by atoms with van der Waals surface area (Å²) in [7, 11) is 0. The van der Waals surface area contributed by atoms with Crippen molar-refractivity contribution in [2.24, 2.45) is 0 Å². The molecule has 0 spiro atoms. The van der Waals surface area contributed by atoms with Crippen molar-refractivity contribution in [3.8, 4) is 11.3 Å². The van der Waals surface area contributed by atoms with Gasteiger partial charge in [0.05, 0.1) is 10.9 Å². The Hall–Kier alpha value is -3.17. The molecule has 0 saturated heterocycles. The number of aromatic nitrogens is 3. The Morgan fingerprint density at radius 1 is 1.06 bits per heavy atom. The molecule has 10 heteroatoms. The summed E-state index contributed by atoms with van der Waals surface area (Å²) >= 11 is 7.25. The molecule has 0 radical (unpaired) electrons. The van der Waals surface area contributed by atoms with Crippen molar-refractivity contribution in [1.29, 1.82) is 0 Å². The number of hydrogen-bond acceptors (Lipinski definition) is 6. The van der Waals surface area contributed by atoms with Crippen molar-refractivity contribution >= 4 is 46.6 Å². The molecule has 1 atom stereocenters. The topological polar surface area (TPSA) is 117 Å². The SMILES string of the molecule is CCC(=O)Nc1ccccc1-c1nnc(S[C@@H](CC)C(=O)Nc2cccc(Cl)c2C)[nH]c1=O. The van der Waals surface area contributed by atoms with Crippen molar-refractivity contribution in [3.05, 3.63) is 63.4 Å². The van der Waals surface area contributed by atoms with Gasteiger partial charge in [-0.05, 0) is 37.1 Å². The van der Waals surface area contributed by atoms with E-state index >= 15 is 0 Å². The number of aromatic amines is 1. The molecule has 33 heavy (non-hydrogen) atoms. The summed E-state index contributed by atoms with van der Waals surface area (Å²) in [6, 6.07) is 12.2. The smallest absolute Gasteiger partial charge is 0.278 e. The molecule has 8 nitrogen and oxygen atoms in total. The van der Waals surface area contributed by atoms with Gasteiger partial charge in [0.2, 0.25) is 11.8 Å². The number of rotatable bonds is 8. The van der Waals surface area contributed by atoms with E-state index in [2.05, 4.69) is 25.8 Å². The van der Waals surface area contributed by atoms with E-state index in [0.29, 0.717) is 34.8 Å². The highest BCUT2D eigenvalue weighted by Gasteiger charge is 2.21. The minimum atomic E-state index is -0.504. The summed E-state index contributed by atoms with van der Waals surface area (Å²) in [4.78, 5) is 40.1. The second-order valence-corrected chi connectivity index (χ2v) is 8.77. The Kier molecular flexibility index (Phi) is 8.24. The van der Waals surface area contributed by atoms with Crippen molar-refractivity contribution in [2.75, 3.05) is 10.6 Å². The molecule has 3 N–H and O–H groups in total. The third-order valence-electron chi connectivity index (χ3n) is 4.90. The molecular formula is C23H24ClN5O3S. The quantitative estimate of drug-likeness (QED) is 0.400. The molecule has 0 fully saturated rings. The van der Waals surface area contributed by atoms with Crippen LogP contribution in [-0.2, 0) is 9.59 Å². The lowest BCUT2D eigenvalue weighted by atomic mass is 10.1. The van der Waals surface area contributed by atoms with E-state index in [1.807, 2.05) is 13.8 Å². The first kappa shape index (κ1) is 24.5. The van der Waals surface area contributed by atoms with Gasteiger partial charge in [0, 0.05) is 22.7 Å². The number of anilines is 2. The van der Waals surface area contributed by atoms with Crippen molar-refractivity contribution in [2.45, 2.75) is 44.0 Å². The highest BCUT2D eigenvalue weighted by molar-refractivity contribution is 8.00. The standard InChI is InChI=1S/C23H24ClN5O3S/c1-4-18(21(31)26-16-12-8-10-15(24)13(16)3)33-23-27-22(32)20(28-29-23)14-9-6-7-11-17(14)25-19(30)5-2/h6-12,18H,4-5H2,1-3H3,(H,25,30)(H,26,31)(H,27,29,32)/t18-/m0/s1. The van der Waals surface area contributed by atoms with Gasteiger partial charge < -0.3 is 10.6 Å². The van der Waals surface area contributed by atoms with Crippen LogP contribution in [0.4, 0.5) is 11.4 Å². The molecule has 2 amide bonds. The van der Waals surface area contributed by atoms with Crippen LogP contribution < -0.4 is 16.2 Å². The summed E-state index contributed by atoms with van der Waals surface area (Å²) in [5, 5.41) is 14.1. The lowest BCUT2D eigenvalue weighted by molar-refractivity contribution is -0.116. The second kappa shape index (κ2) is 11.1. The number of amides is 2. The highest BCUT2D eigenvalue weighted by atomic mass is 35.5. The number of thioether (sulfide) groups is 1. The highest BCUT2D eigenvalue weighted by Crippen LogP contribution is 2.27. The van der Waals surface area contributed by atoms with Crippen LogP contribution in [0.5, 0.6) is 0 Å². The largest absolute Gasteiger partial charge is 0.325 e. The Labute approximate surface area is 200 Å². The average molecular weight is 486 g/mol. The number of nitrogens with zero attached hydrogens (tertiary/aromatic N) is 2. The first-order valence-electron chi connectivity index (χ1n) is 10.4. The van der Waals surface area contributed by atoms with Gasteiger partial charge in [0.15, 0.2) is 10.9 Å². The van der Waals surface area contributed by atoms with E-state index in [1.54, 1.807) is 49.4 Å². The molecule has 0 unspecified atom stereocenters. The molecule has 172 valence electrons. The van der Waals surface area contributed by atoms with Crippen LogP contribution in [0.15, 0.2) is 52.4 Å². The van der Waals surface area contributed by atoms with E-state index in [1.165, 1.54) is 0 Å². The lowest BCUT2D eigenvalue weighted by Gasteiger charge is -2.15. The molecule has 0 aliphatic carbocycles. The maximum absolute atomic E-state index is 12.8. The summed E-state index contributed by atoms with van der Waals surface area (Å²) in [5.74, 6) is -0.405. The van der Waals surface area contributed by atoms with E-state index in [9.17, 15) is 14.4 Å². The van der Waals surface area contributed by atoms with E-state index < -0.39 is 10.8 Å². The molecule has 0 bridgehead atoms. The Bertz CT molecular complexity index is 1230. The fourth-order valence-electron chi connectivity index (χ4n) is 3.00.